The average Bonchev–Trinajstić information content (AvgIpc) is 2.59. The van der Waals surface area contributed by atoms with Gasteiger partial charge in [-0.15, -0.1) is 0 Å². The summed E-state index contributed by atoms with van der Waals surface area (Å²) in [6.45, 7) is 6.01. The third-order valence-electron chi connectivity index (χ3n) is 2.97. The third-order valence-corrected chi connectivity index (χ3v) is 2.97. The molecule has 0 aromatic rings. The van der Waals surface area contributed by atoms with Crippen LogP contribution in [0.5, 0.6) is 0 Å². The van der Waals surface area contributed by atoms with Gasteiger partial charge in [-0.05, 0) is 33.6 Å². The highest BCUT2D eigenvalue weighted by Crippen LogP contribution is 2.41. The van der Waals surface area contributed by atoms with Crippen LogP contribution in [0.1, 0.15) is 33.6 Å². The Bertz CT molecular complexity index is 261. The van der Waals surface area contributed by atoms with Crippen molar-refractivity contribution in [3.8, 4) is 0 Å². The van der Waals surface area contributed by atoms with Crippen molar-refractivity contribution in [1.82, 2.24) is 0 Å². The van der Waals surface area contributed by atoms with Gasteiger partial charge in [-0.25, -0.2) is 0 Å². The zero-order valence-electron chi connectivity index (χ0n) is 9.49. The van der Waals surface area contributed by atoms with Gasteiger partial charge in [-0.2, -0.15) is 0 Å². The van der Waals surface area contributed by atoms with Crippen LogP contribution in [-0.2, 0) is 19.0 Å². The van der Waals surface area contributed by atoms with E-state index in [-0.39, 0.29) is 24.1 Å². The van der Waals surface area contributed by atoms with Gasteiger partial charge < -0.3 is 14.2 Å². The van der Waals surface area contributed by atoms with Gasteiger partial charge in [0.1, 0.15) is 6.10 Å². The molecule has 0 aromatic carbocycles. The Kier molecular flexibility index (Phi) is 2.73. The molecule has 0 N–H and O–H groups in total. The Labute approximate surface area is 89.9 Å². The van der Waals surface area contributed by atoms with Crippen molar-refractivity contribution in [2.24, 2.45) is 5.92 Å². The molecule has 0 bridgehead atoms. The predicted octanol–water partition coefficient (Wildman–Crippen LogP) is 1.48. The molecule has 0 unspecified atom stereocenters. The molecule has 1 aliphatic heterocycles. The molecule has 2 aliphatic rings. The lowest BCUT2D eigenvalue weighted by atomic mass is 10.1. The fraction of sp³-hybridized carbons (Fsp3) is 0.909. The molecule has 3 atom stereocenters. The highest BCUT2D eigenvalue weighted by Gasteiger charge is 2.51. The minimum atomic E-state index is -0.555. The van der Waals surface area contributed by atoms with E-state index in [4.69, 9.17) is 14.2 Å². The molecule has 2 fully saturated rings. The lowest BCUT2D eigenvalue weighted by molar-refractivity contribution is -0.168. The first-order valence-corrected chi connectivity index (χ1v) is 5.56. The molecule has 86 valence electrons. The van der Waals surface area contributed by atoms with E-state index >= 15 is 0 Å². The summed E-state index contributed by atoms with van der Waals surface area (Å²) in [5.41, 5.74) is 0. The highest BCUT2D eigenvalue weighted by molar-refractivity contribution is 5.73. The smallest absolute Gasteiger partial charge is 0.311 e. The lowest BCUT2D eigenvalue weighted by Gasteiger charge is -2.20. The standard InChI is InChI=1S/C11H18O4/c1-4-13-10(12)7-5-6-8-9(7)15-11(2,3)14-8/h7-9H,4-6H2,1-3H3/t7-,8-,9+/m1/s1. The molecule has 0 radical (unpaired) electrons. The Morgan fingerprint density at radius 2 is 2.13 bits per heavy atom. The molecule has 1 saturated heterocycles. The molecule has 1 heterocycles. The summed E-state index contributed by atoms with van der Waals surface area (Å²) in [5.74, 6) is -0.844. The fourth-order valence-electron chi connectivity index (χ4n) is 2.44. The van der Waals surface area contributed by atoms with Gasteiger partial charge in [0.05, 0.1) is 18.6 Å². The fourth-order valence-corrected chi connectivity index (χ4v) is 2.44. The first kappa shape index (κ1) is 10.9. The number of carbonyl (C=O) groups excluding carboxylic acids is 1. The van der Waals surface area contributed by atoms with E-state index in [0.717, 1.165) is 12.8 Å². The van der Waals surface area contributed by atoms with Crippen molar-refractivity contribution in [3.63, 3.8) is 0 Å². The van der Waals surface area contributed by atoms with Crippen molar-refractivity contribution in [1.29, 1.82) is 0 Å². The van der Waals surface area contributed by atoms with Gasteiger partial charge >= 0.3 is 5.97 Å². The monoisotopic (exact) mass is 214 g/mol. The largest absolute Gasteiger partial charge is 0.466 e. The van der Waals surface area contributed by atoms with Gasteiger partial charge in [0, 0.05) is 0 Å². The van der Waals surface area contributed by atoms with Gasteiger partial charge in [0.2, 0.25) is 0 Å². The predicted molar refractivity (Wildman–Crippen MR) is 53.2 cm³/mol. The molecular weight excluding hydrogens is 196 g/mol. The zero-order chi connectivity index (χ0) is 11.1. The lowest BCUT2D eigenvalue weighted by Crippen LogP contribution is -2.31. The summed E-state index contributed by atoms with van der Waals surface area (Å²) in [6.07, 6.45) is 1.65. The maximum absolute atomic E-state index is 11.6. The molecule has 0 spiro atoms. The highest BCUT2D eigenvalue weighted by atomic mass is 16.8. The van der Waals surface area contributed by atoms with Crippen molar-refractivity contribution >= 4 is 5.97 Å². The maximum Gasteiger partial charge on any atom is 0.311 e. The summed E-state index contributed by atoms with van der Waals surface area (Å²) < 4.78 is 16.5. The molecule has 2 rings (SSSR count). The Hall–Kier alpha value is -0.610. The van der Waals surface area contributed by atoms with Crippen LogP contribution in [0.2, 0.25) is 0 Å². The summed E-state index contributed by atoms with van der Waals surface area (Å²) in [5, 5.41) is 0. The van der Waals surface area contributed by atoms with Crippen molar-refractivity contribution in [3.05, 3.63) is 0 Å². The number of fused-ring (bicyclic) bond motifs is 1. The molecule has 0 amide bonds. The van der Waals surface area contributed by atoms with Crippen LogP contribution in [0.3, 0.4) is 0 Å². The van der Waals surface area contributed by atoms with Gasteiger partial charge in [0.25, 0.3) is 0 Å². The Morgan fingerprint density at radius 3 is 2.80 bits per heavy atom. The quantitative estimate of drug-likeness (QED) is 0.653. The van der Waals surface area contributed by atoms with Crippen molar-refractivity contribution < 1.29 is 19.0 Å². The Morgan fingerprint density at radius 1 is 1.40 bits per heavy atom. The molecule has 1 saturated carbocycles. The summed E-state index contributed by atoms with van der Waals surface area (Å²) in [4.78, 5) is 11.6. The van der Waals surface area contributed by atoms with E-state index < -0.39 is 5.79 Å². The summed E-state index contributed by atoms with van der Waals surface area (Å²) >= 11 is 0. The van der Waals surface area contributed by atoms with Gasteiger partial charge in [0.15, 0.2) is 5.79 Å². The van der Waals surface area contributed by atoms with Crippen LogP contribution < -0.4 is 0 Å². The SMILES string of the molecule is CCOC(=O)[C@@H]1CC[C@H]2OC(C)(C)O[C@H]21. The van der Waals surface area contributed by atoms with Crippen molar-refractivity contribution in [2.45, 2.75) is 51.6 Å². The van der Waals surface area contributed by atoms with E-state index in [1.807, 2.05) is 20.8 Å². The molecule has 4 heteroatoms. The molecule has 1 aliphatic carbocycles. The van der Waals surface area contributed by atoms with Crippen molar-refractivity contribution in [2.75, 3.05) is 6.61 Å². The molecular formula is C11H18O4. The number of rotatable bonds is 2. The number of ether oxygens (including phenoxy) is 3. The number of esters is 1. The van der Waals surface area contributed by atoms with Gasteiger partial charge in [-0.1, -0.05) is 0 Å². The maximum atomic E-state index is 11.6. The second-order valence-electron chi connectivity index (χ2n) is 4.57. The molecule has 4 nitrogen and oxygen atoms in total. The summed E-state index contributed by atoms with van der Waals surface area (Å²) in [7, 11) is 0. The number of hydrogen-bond acceptors (Lipinski definition) is 4. The molecule has 15 heavy (non-hydrogen) atoms. The third kappa shape index (κ3) is 2.01. The Balaban J connectivity index is 2.02. The first-order valence-electron chi connectivity index (χ1n) is 5.56. The van der Waals surface area contributed by atoms with Crippen LogP contribution in [-0.4, -0.2) is 30.6 Å². The number of carbonyl (C=O) groups is 1. The number of hydrogen-bond donors (Lipinski definition) is 0. The van der Waals surface area contributed by atoms with E-state index in [0.29, 0.717) is 6.61 Å². The van der Waals surface area contributed by atoms with E-state index in [1.54, 1.807) is 0 Å². The first-order chi connectivity index (χ1) is 7.03. The van der Waals surface area contributed by atoms with Gasteiger partial charge in [-0.3, -0.25) is 4.79 Å². The van der Waals surface area contributed by atoms with E-state index in [1.165, 1.54) is 0 Å². The zero-order valence-corrected chi connectivity index (χ0v) is 9.49. The topological polar surface area (TPSA) is 44.8 Å². The normalized spacial score (nSPS) is 37.7. The minimum Gasteiger partial charge on any atom is -0.466 e. The minimum absolute atomic E-state index is 0.0643. The van der Waals surface area contributed by atoms with E-state index in [2.05, 4.69) is 0 Å². The summed E-state index contributed by atoms with van der Waals surface area (Å²) in [6, 6.07) is 0. The van der Waals surface area contributed by atoms with Crippen LogP contribution in [0.25, 0.3) is 0 Å². The second-order valence-corrected chi connectivity index (χ2v) is 4.57. The van der Waals surface area contributed by atoms with Crippen LogP contribution >= 0.6 is 0 Å². The van der Waals surface area contributed by atoms with Crippen LogP contribution in [0.15, 0.2) is 0 Å². The molecule has 0 aromatic heterocycles. The van der Waals surface area contributed by atoms with Crippen LogP contribution in [0.4, 0.5) is 0 Å². The average molecular weight is 214 g/mol. The second kappa shape index (κ2) is 3.76. The van der Waals surface area contributed by atoms with E-state index in [9.17, 15) is 4.79 Å². The van der Waals surface area contributed by atoms with Crippen LogP contribution in [0, 0.1) is 5.92 Å².